The molecule has 1 rings (SSSR count). The third kappa shape index (κ3) is 1.99. The van der Waals surface area contributed by atoms with Crippen molar-refractivity contribution in [1.29, 1.82) is 5.26 Å². The molecule has 0 unspecified atom stereocenters. The Morgan fingerprint density at radius 2 is 2.33 bits per heavy atom. The van der Waals surface area contributed by atoms with E-state index < -0.39 is 5.67 Å². The van der Waals surface area contributed by atoms with E-state index >= 15 is 0 Å². The van der Waals surface area contributed by atoms with Crippen molar-refractivity contribution in [2.45, 2.75) is 26.1 Å². The zero-order valence-corrected chi connectivity index (χ0v) is 6.82. The molecule has 0 bridgehead atoms. The summed E-state index contributed by atoms with van der Waals surface area (Å²) >= 11 is 0. The second-order valence-corrected chi connectivity index (χ2v) is 2.99. The van der Waals surface area contributed by atoms with Crippen LogP contribution in [0.1, 0.15) is 19.7 Å². The average Bonchev–Trinajstić information content (AvgIpc) is 2.31. The zero-order chi connectivity index (χ0) is 9.19. The number of hydrogen-bond acceptors (Lipinski definition) is 4. The standard InChI is InChI=1S/C6H8FN5/c1-6(2,7)4-12-5(3-8)9-10-11-12/h4H2,1-2H3. The number of hydrogen-bond donors (Lipinski definition) is 0. The number of alkyl halides is 1. The average molecular weight is 169 g/mol. The number of aromatic nitrogens is 4. The Labute approximate surface area is 68.8 Å². The molecule has 0 spiro atoms. The van der Waals surface area contributed by atoms with Crippen molar-refractivity contribution >= 4 is 0 Å². The first kappa shape index (κ1) is 8.59. The molecule has 1 aromatic rings. The molecular formula is C6H8FN5. The molecule has 64 valence electrons. The van der Waals surface area contributed by atoms with E-state index in [1.807, 2.05) is 0 Å². The van der Waals surface area contributed by atoms with Gasteiger partial charge in [-0.1, -0.05) is 5.10 Å². The Kier molecular flexibility index (Phi) is 2.04. The lowest BCUT2D eigenvalue weighted by Gasteiger charge is -2.12. The molecule has 0 aliphatic carbocycles. The number of tetrazole rings is 1. The minimum Gasteiger partial charge on any atom is -0.242 e. The summed E-state index contributed by atoms with van der Waals surface area (Å²) in [7, 11) is 0. The number of nitriles is 1. The van der Waals surface area contributed by atoms with Crippen molar-refractivity contribution in [3.8, 4) is 6.07 Å². The van der Waals surface area contributed by atoms with Crippen LogP contribution in [0.3, 0.4) is 0 Å². The monoisotopic (exact) mass is 169 g/mol. The highest BCUT2D eigenvalue weighted by atomic mass is 19.1. The van der Waals surface area contributed by atoms with Crippen molar-refractivity contribution < 1.29 is 4.39 Å². The molecule has 0 aliphatic rings. The van der Waals surface area contributed by atoms with Gasteiger partial charge in [-0.25, -0.2) is 9.07 Å². The first-order valence-corrected chi connectivity index (χ1v) is 3.38. The van der Waals surface area contributed by atoms with E-state index in [4.69, 9.17) is 5.26 Å². The molecule has 6 heteroatoms. The first-order chi connectivity index (χ1) is 5.53. The van der Waals surface area contributed by atoms with E-state index in [1.54, 1.807) is 6.07 Å². The van der Waals surface area contributed by atoms with E-state index in [0.717, 1.165) is 4.68 Å². The highest BCUT2D eigenvalue weighted by Gasteiger charge is 2.19. The molecule has 0 aliphatic heterocycles. The quantitative estimate of drug-likeness (QED) is 0.638. The molecule has 0 aromatic carbocycles. The van der Waals surface area contributed by atoms with Gasteiger partial charge in [0.05, 0.1) is 6.54 Å². The van der Waals surface area contributed by atoms with E-state index in [-0.39, 0.29) is 12.4 Å². The van der Waals surface area contributed by atoms with Gasteiger partial charge in [0.25, 0.3) is 5.82 Å². The van der Waals surface area contributed by atoms with Gasteiger partial charge in [-0.2, -0.15) is 5.26 Å². The molecule has 0 amide bonds. The summed E-state index contributed by atoms with van der Waals surface area (Å²) in [5, 5.41) is 18.6. The summed E-state index contributed by atoms with van der Waals surface area (Å²) in [6.07, 6.45) is 0. The maximum atomic E-state index is 13.0. The lowest BCUT2D eigenvalue weighted by molar-refractivity contribution is 0.177. The highest BCUT2D eigenvalue weighted by molar-refractivity contribution is 5.06. The van der Waals surface area contributed by atoms with Crippen LogP contribution < -0.4 is 0 Å². The molecule has 5 nitrogen and oxygen atoms in total. The van der Waals surface area contributed by atoms with Crippen molar-refractivity contribution in [3.05, 3.63) is 5.82 Å². The van der Waals surface area contributed by atoms with Gasteiger partial charge in [-0.15, -0.1) is 0 Å². The largest absolute Gasteiger partial charge is 0.253 e. The van der Waals surface area contributed by atoms with Gasteiger partial charge in [0.15, 0.2) is 0 Å². The van der Waals surface area contributed by atoms with Crippen molar-refractivity contribution in [2.24, 2.45) is 0 Å². The molecular weight excluding hydrogens is 161 g/mol. The van der Waals surface area contributed by atoms with Crippen molar-refractivity contribution in [3.63, 3.8) is 0 Å². The van der Waals surface area contributed by atoms with E-state index in [2.05, 4.69) is 15.5 Å². The van der Waals surface area contributed by atoms with Crippen LogP contribution in [-0.4, -0.2) is 25.9 Å². The predicted molar refractivity (Wildman–Crippen MR) is 37.7 cm³/mol. The van der Waals surface area contributed by atoms with Gasteiger partial charge in [-0.05, 0) is 24.3 Å². The summed E-state index contributed by atoms with van der Waals surface area (Å²) in [5.41, 5.74) is -1.42. The van der Waals surface area contributed by atoms with Gasteiger partial charge in [0.1, 0.15) is 11.7 Å². The second kappa shape index (κ2) is 2.85. The maximum absolute atomic E-state index is 13.0. The van der Waals surface area contributed by atoms with Crippen molar-refractivity contribution in [2.75, 3.05) is 0 Å². The summed E-state index contributed by atoms with van der Waals surface area (Å²) in [4.78, 5) is 0. The Balaban J connectivity index is 2.84. The van der Waals surface area contributed by atoms with E-state index in [9.17, 15) is 4.39 Å². The Hall–Kier alpha value is -1.51. The minimum atomic E-state index is -1.42. The molecule has 12 heavy (non-hydrogen) atoms. The Morgan fingerprint density at radius 3 is 2.83 bits per heavy atom. The van der Waals surface area contributed by atoms with Crippen LogP contribution in [0, 0.1) is 11.3 Å². The second-order valence-electron chi connectivity index (χ2n) is 2.99. The summed E-state index contributed by atoms with van der Waals surface area (Å²) < 4.78 is 14.2. The van der Waals surface area contributed by atoms with Gasteiger partial charge >= 0.3 is 0 Å². The molecule has 0 saturated heterocycles. The van der Waals surface area contributed by atoms with Crippen LogP contribution in [0.2, 0.25) is 0 Å². The maximum Gasteiger partial charge on any atom is 0.253 e. The minimum absolute atomic E-state index is 0.0110. The smallest absolute Gasteiger partial charge is 0.242 e. The topological polar surface area (TPSA) is 67.4 Å². The molecule has 1 aromatic heterocycles. The lowest BCUT2D eigenvalue weighted by atomic mass is 10.2. The molecule has 0 N–H and O–H groups in total. The summed E-state index contributed by atoms with van der Waals surface area (Å²) in [5.74, 6) is 0.0284. The Morgan fingerprint density at radius 1 is 1.67 bits per heavy atom. The summed E-state index contributed by atoms with van der Waals surface area (Å²) in [6.45, 7) is 2.79. The van der Waals surface area contributed by atoms with Crippen LogP contribution in [0.4, 0.5) is 4.39 Å². The normalized spacial score (nSPS) is 11.2. The molecule has 0 radical (unpaired) electrons. The number of nitrogens with zero attached hydrogens (tertiary/aromatic N) is 5. The van der Waals surface area contributed by atoms with Gasteiger partial charge in [0.2, 0.25) is 0 Å². The van der Waals surface area contributed by atoms with Crippen LogP contribution in [0.25, 0.3) is 0 Å². The number of halogens is 1. The van der Waals surface area contributed by atoms with Crippen LogP contribution in [0.15, 0.2) is 0 Å². The van der Waals surface area contributed by atoms with E-state index in [1.165, 1.54) is 13.8 Å². The van der Waals surface area contributed by atoms with E-state index in [0.29, 0.717) is 0 Å². The van der Waals surface area contributed by atoms with Gasteiger partial charge in [-0.3, -0.25) is 0 Å². The van der Waals surface area contributed by atoms with Crippen LogP contribution >= 0.6 is 0 Å². The molecule has 1 heterocycles. The molecule has 0 fully saturated rings. The molecule has 0 saturated carbocycles. The lowest BCUT2D eigenvalue weighted by Crippen LogP contribution is -2.22. The third-order valence-corrected chi connectivity index (χ3v) is 1.16. The van der Waals surface area contributed by atoms with Gasteiger partial charge < -0.3 is 0 Å². The Bertz CT molecular complexity index is 304. The van der Waals surface area contributed by atoms with Crippen molar-refractivity contribution in [1.82, 2.24) is 20.2 Å². The third-order valence-electron chi connectivity index (χ3n) is 1.16. The van der Waals surface area contributed by atoms with Gasteiger partial charge in [0, 0.05) is 0 Å². The zero-order valence-electron chi connectivity index (χ0n) is 6.82. The fourth-order valence-electron chi connectivity index (χ4n) is 0.747. The highest BCUT2D eigenvalue weighted by Crippen LogP contribution is 2.10. The van der Waals surface area contributed by atoms with Crippen LogP contribution in [-0.2, 0) is 6.54 Å². The molecule has 0 atom stereocenters. The predicted octanol–water partition coefficient (Wildman–Crippen LogP) is 0.293. The fourth-order valence-corrected chi connectivity index (χ4v) is 0.747. The fraction of sp³-hybridized carbons (Fsp3) is 0.667. The first-order valence-electron chi connectivity index (χ1n) is 3.38. The number of rotatable bonds is 2. The van der Waals surface area contributed by atoms with Crippen LogP contribution in [0.5, 0.6) is 0 Å². The SMILES string of the molecule is CC(C)(F)Cn1nnnc1C#N. The summed E-state index contributed by atoms with van der Waals surface area (Å²) in [6, 6.07) is 1.76.